The summed E-state index contributed by atoms with van der Waals surface area (Å²) in [6.45, 7) is 6.89. The van der Waals surface area contributed by atoms with Crippen molar-refractivity contribution < 1.29 is 9.59 Å². The van der Waals surface area contributed by atoms with Crippen molar-refractivity contribution >= 4 is 11.8 Å². The molecule has 3 N–H and O–H groups in total. The van der Waals surface area contributed by atoms with Crippen LogP contribution in [0, 0.1) is 5.92 Å². The van der Waals surface area contributed by atoms with Gasteiger partial charge in [0.15, 0.2) is 0 Å². The lowest BCUT2D eigenvalue weighted by Gasteiger charge is -2.20. The molecule has 134 valence electrons. The molecule has 0 bridgehead atoms. The molecule has 1 rings (SSSR count). The van der Waals surface area contributed by atoms with E-state index in [2.05, 4.69) is 12.2 Å². The number of hydrogen-bond donors (Lipinski definition) is 2. The summed E-state index contributed by atoms with van der Waals surface area (Å²) in [6, 6.07) is 7.40. The smallest absolute Gasteiger partial charge is 0.251 e. The van der Waals surface area contributed by atoms with Crippen molar-refractivity contribution in [3.63, 3.8) is 0 Å². The molecular formula is C19H31N3O2. The summed E-state index contributed by atoms with van der Waals surface area (Å²) < 4.78 is 0. The Hall–Kier alpha value is -1.88. The minimum Gasteiger partial charge on any atom is -0.348 e. The summed E-state index contributed by atoms with van der Waals surface area (Å²) in [5, 5.41) is 2.98. The number of hydrogen-bond acceptors (Lipinski definition) is 3. The molecule has 5 nitrogen and oxygen atoms in total. The zero-order valence-corrected chi connectivity index (χ0v) is 15.3. The fraction of sp³-hybridized carbons (Fsp3) is 0.579. The summed E-state index contributed by atoms with van der Waals surface area (Å²) >= 11 is 0. The van der Waals surface area contributed by atoms with Gasteiger partial charge in [-0.1, -0.05) is 45.7 Å². The first-order chi connectivity index (χ1) is 11.4. The highest BCUT2D eigenvalue weighted by atomic mass is 16.2. The third-order valence-corrected chi connectivity index (χ3v) is 4.03. The van der Waals surface area contributed by atoms with E-state index in [1.807, 2.05) is 26.0 Å². The van der Waals surface area contributed by atoms with Crippen molar-refractivity contribution in [1.82, 2.24) is 10.2 Å². The van der Waals surface area contributed by atoms with Crippen LogP contribution in [0.4, 0.5) is 0 Å². The van der Waals surface area contributed by atoms with Crippen LogP contribution in [0.15, 0.2) is 24.3 Å². The molecule has 1 unspecified atom stereocenters. The highest BCUT2D eigenvalue weighted by molar-refractivity contribution is 5.94. The predicted molar refractivity (Wildman–Crippen MR) is 97.6 cm³/mol. The van der Waals surface area contributed by atoms with E-state index in [1.165, 1.54) is 0 Å². The molecule has 0 spiro atoms. The standard InChI is InChI=1S/C19H31N3O2/c1-5-6-7-17(12-20)21-18(23)16-10-8-15(9-11-16)13-22(4)19(24)14(2)3/h8-11,14,17H,5-7,12-13,20H2,1-4H3,(H,21,23). The summed E-state index contributed by atoms with van der Waals surface area (Å²) in [6.07, 6.45) is 3.04. The van der Waals surface area contributed by atoms with Gasteiger partial charge in [0.05, 0.1) is 0 Å². The van der Waals surface area contributed by atoms with Crippen molar-refractivity contribution in [3.8, 4) is 0 Å². The average molecular weight is 333 g/mol. The quantitative estimate of drug-likeness (QED) is 0.729. The number of nitrogens with one attached hydrogen (secondary N) is 1. The topological polar surface area (TPSA) is 75.4 Å². The lowest BCUT2D eigenvalue weighted by atomic mass is 10.1. The maximum absolute atomic E-state index is 12.3. The molecular weight excluding hydrogens is 302 g/mol. The zero-order chi connectivity index (χ0) is 18.1. The second kappa shape index (κ2) is 10.1. The molecule has 2 amide bonds. The van der Waals surface area contributed by atoms with Gasteiger partial charge in [0.1, 0.15) is 0 Å². The van der Waals surface area contributed by atoms with Crippen LogP contribution in [0.2, 0.25) is 0 Å². The Labute approximate surface area is 145 Å². The normalized spacial score (nSPS) is 12.1. The lowest BCUT2D eigenvalue weighted by molar-refractivity contribution is -0.133. The van der Waals surface area contributed by atoms with Crippen molar-refractivity contribution in [3.05, 3.63) is 35.4 Å². The van der Waals surface area contributed by atoms with Crippen LogP contribution in [0.3, 0.4) is 0 Å². The molecule has 0 saturated carbocycles. The van der Waals surface area contributed by atoms with Crippen molar-refractivity contribution in [2.75, 3.05) is 13.6 Å². The number of carbonyl (C=O) groups is 2. The van der Waals surface area contributed by atoms with Gasteiger partial charge in [0, 0.05) is 37.7 Å². The molecule has 0 aliphatic carbocycles. The Kier molecular flexibility index (Phi) is 8.47. The van der Waals surface area contributed by atoms with Gasteiger partial charge in [-0.3, -0.25) is 9.59 Å². The second-order valence-corrected chi connectivity index (χ2v) is 6.59. The zero-order valence-electron chi connectivity index (χ0n) is 15.3. The minimum atomic E-state index is -0.0975. The van der Waals surface area contributed by atoms with E-state index in [0.717, 1.165) is 24.8 Å². The molecule has 1 aromatic carbocycles. The van der Waals surface area contributed by atoms with Gasteiger partial charge in [0.2, 0.25) is 5.91 Å². The monoisotopic (exact) mass is 333 g/mol. The van der Waals surface area contributed by atoms with Crippen molar-refractivity contribution in [1.29, 1.82) is 0 Å². The predicted octanol–water partition coefficient (Wildman–Crippen LogP) is 2.55. The molecule has 24 heavy (non-hydrogen) atoms. The van der Waals surface area contributed by atoms with Gasteiger partial charge in [-0.05, 0) is 24.1 Å². The second-order valence-electron chi connectivity index (χ2n) is 6.59. The first kappa shape index (κ1) is 20.2. The first-order valence-corrected chi connectivity index (χ1v) is 8.73. The highest BCUT2D eigenvalue weighted by Crippen LogP contribution is 2.10. The summed E-state index contributed by atoms with van der Waals surface area (Å²) in [5.74, 6) is -0.00499. The largest absolute Gasteiger partial charge is 0.348 e. The summed E-state index contributed by atoms with van der Waals surface area (Å²) in [7, 11) is 1.79. The highest BCUT2D eigenvalue weighted by Gasteiger charge is 2.14. The number of nitrogens with two attached hydrogens (primary N) is 1. The Morgan fingerprint density at radius 2 is 1.83 bits per heavy atom. The third kappa shape index (κ3) is 6.32. The average Bonchev–Trinajstić information content (AvgIpc) is 2.58. The number of unbranched alkanes of at least 4 members (excludes halogenated alkanes) is 1. The SMILES string of the molecule is CCCCC(CN)NC(=O)c1ccc(CN(C)C(=O)C(C)C)cc1. The van der Waals surface area contributed by atoms with Gasteiger partial charge >= 0.3 is 0 Å². The van der Waals surface area contributed by atoms with Gasteiger partial charge in [0.25, 0.3) is 5.91 Å². The molecule has 0 heterocycles. The van der Waals surface area contributed by atoms with Crippen LogP contribution < -0.4 is 11.1 Å². The fourth-order valence-corrected chi connectivity index (χ4v) is 2.52. The Morgan fingerprint density at radius 3 is 2.33 bits per heavy atom. The Balaban J connectivity index is 2.63. The van der Waals surface area contributed by atoms with Crippen LogP contribution in [0.1, 0.15) is 56.0 Å². The van der Waals surface area contributed by atoms with E-state index in [1.54, 1.807) is 24.1 Å². The minimum absolute atomic E-state index is 0.0173. The molecule has 0 fully saturated rings. The molecule has 5 heteroatoms. The van der Waals surface area contributed by atoms with E-state index in [0.29, 0.717) is 18.7 Å². The Bertz CT molecular complexity index is 526. The van der Waals surface area contributed by atoms with Crippen LogP contribution in [-0.4, -0.2) is 36.3 Å². The number of rotatable bonds is 9. The molecule has 0 aliphatic rings. The number of carbonyl (C=O) groups excluding carboxylic acids is 2. The molecule has 0 aliphatic heterocycles. The van der Waals surface area contributed by atoms with Crippen LogP contribution in [0.25, 0.3) is 0 Å². The molecule has 1 atom stereocenters. The lowest BCUT2D eigenvalue weighted by Crippen LogP contribution is -2.40. The third-order valence-electron chi connectivity index (χ3n) is 4.03. The van der Waals surface area contributed by atoms with E-state index in [4.69, 9.17) is 5.73 Å². The summed E-state index contributed by atoms with van der Waals surface area (Å²) in [5.41, 5.74) is 7.34. The van der Waals surface area contributed by atoms with E-state index in [-0.39, 0.29) is 23.8 Å². The maximum atomic E-state index is 12.3. The van der Waals surface area contributed by atoms with Crippen molar-refractivity contribution in [2.45, 2.75) is 52.6 Å². The number of benzene rings is 1. The summed E-state index contributed by atoms with van der Waals surface area (Å²) in [4.78, 5) is 25.9. The molecule has 0 saturated heterocycles. The molecule has 1 aromatic rings. The first-order valence-electron chi connectivity index (χ1n) is 8.73. The maximum Gasteiger partial charge on any atom is 0.251 e. The van der Waals surface area contributed by atoms with E-state index >= 15 is 0 Å². The van der Waals surface area contributed by atoms with Gasteiger partial charge < -0.3 is 16.0 Å². The van der Waals surface area contributed by atoms with Crippen molar-refractivity contribution in [2.24, 2.45) is 11.7 Å². The van der Waals surface area contributed by atoms with Crippen LogP contribution in [-0.2, 0) is 11.3 Å². The molecule has 0 aromatic heterocycles. The van der Waals surface area contributed by atoms with Gasteiger partial charge in [-0.2, -0.15) is 0 Å². The van der Waals surface area contributed by atoms with E-state index in [9.17, 15) is 9.59 Å². The number of nitrogens with zero attached hydrogens (tertiary/aromatic N) is 1. The fourth-order valence-electron chi connectivity index (χ4n) is 2.52. The number of amides is 2. The van der Waals surface area contributed by atoms with E-state index < -0.39 is 0 Å². The Morgan fingerprint density at radius 1 is 1.21 bits per heavy atom. The molecule has 0 radical (unpaired) electrons. The van der Waals surface area contributed by atoms with Crippen LogP contribution in [0.5, 0.6) is 0 Å². The van der Waals surface area contributed by atoms with Crippen LogP contribution >= 0.6 is 0 Å². The van der Waals surface area contributed by atoms with Gasteiger partial charge in [-0.15, -0.1) is 0 Å². The van der Waals surface area contributed by atoms with Gasteiger partial charge in [-0.25, -0.2) is 0 Å².